The Bertz CT molecular complexity index is 227. The van der Waals surface area contributed by atoms with Crippen LogP contribution in [0.5, 0.6) is 0 Å². The quantitative estimate of drug-likeness (QED) is 0.676. The van der Waals surface area contributed by atoms with E-state index in [2.05, 4.69) is 0 Å². The van der Waals surface area contributed by atoms with Crippen molar-refractivity contribution in [2.45, 2.75) is 64.6 Å². The summed E-state index contributed by atoms with van der Waals surface area (Å²) in [6.07, 6.45) is 3.96. The normalized spacial score (nSPS) is 37.5. The van der Waals surface area contributed by atoms with E-state index in [4.69, 9.17) is 0 Å². The van der Waals surface area contributed by atoms with Crippen molar-refractivity contribution in [2.24, 2.45) is 11.3 Å². The van der Waals surface area contributed by atoms with Gasteiger partial charge in [0.05, 0.1) is 11.7 Å². The van der Waals surface area contributed by atoms with E-state index in [9.17, 15) is 15.3 Å². The lowest BCUT2D eigenvalue weighted by molar-refractivity contribution is -0.172. The minimum Gasteiger partial charge on any atom is -0.396 e. The van der Waals surface area contributed by atoms with Crippen LogP contribution in [0.3, 0.4) is 0 Å². The van der Waals surface area contributed by atoms with Crippen LogP contribution in [-0.4, -0.2) is 33.6 Å². The molecular formula is C13H26O3. The highest BCUT2D eigenvalue weighted by Gasteiger charge is 2.50. The predicted octanol–water partition coefficient (Wildman–Crippen LogP) is 1.70. The van der Waals surface area contributed by atoms with Gasteiger partial charge in [-0.2, -0.15) is 0 Å². The molecule has 0 amide bonds. The SMILES string of the molecule is C[C@@H](CO)[C@@]1(O)CCCCC[C@@H](O)C1(C)C. The maximum absolute atomic E-state index is 10.8. The summed E-state index contributed by atoms with van der Waals surface area (Å²) in [4.78, 5) is 0. The molecule has 0 aromatic rings. The Morgan fingerprint density at radius 2 is 1.88 bits per heavy atom. The second-order valence-electron chi connectivity index (χ2n) is 5.84. The largest absolute Gasteiger partial charge is 0.396 e. The van der Waals surface area contributed by atoms with Crippen LogP contribution < -0.4 is 0 Å². The first-order chi connectivity index (χ1) is 7.36. The average Bonchev–Trinajstić information content (AvgIpc) is 2.25. The molecule has 1 aliphatic rings. The van der Waals surface area contributed by atoms with Crippen LogP contribution >= 0.6 is 0 Å². The Morgan fingerprint density at radius 3 is 2.44 bits per heavy atom. The third-order valence-electron chi connectivity index (χ3n) is 4.57. The van der Waals surface area contributed by atoms with Gasteiger partial charge in [0.25, 0.3) is 0 Å². The number of aliphatic hydroxyl groups excluding tert-OH is 2. The van der Waals surface area contributed by atoms with Gasteiger partial charge in [0.2, 0.25) is 0 Å². The summed E-state index contributed by atoms with van der Waals surface area (Å²) in [5, 5.41) is 30.3. The van der Waals surface area contributed by atoms with Crippen LogP contribution in [0.4, 0.5) is 0 Å². The lowest BCUT2D eigenvalue weighted by Gasteiger charge is -2.50. The van der Waals surface area contributed by atoms with Gasteiger partial charge in [0.15, 0.2) is 0 Å². The van der Waals surface area contributed by atoms with E-state index in [1.54, 1.807) is 0 Å². The van der Waals surface area contributed by atoms with Crippen molar-refractivity contribution in [3.63, 3.8) is 0 Å². The molecule has 0 spiro atoms. The maximum Gasteiger partial charge on any atom is 0.0770 e. The Balaban J connectivity index is 2.99. The van der Waals surface area contributed by atoms with E-state index in [0.717, 1.165) is 25.7 Å². The van der Waals surface area contributed by atoms with E-state index in [-0.39, 0.29) is 12.5 Å². The highest BCUT2D eigenvalue weighted by Crippen LogP contribution is 2.45. The van der Waals surface area contributed by atoms with Crippen molar-refractivity contribution in [2.75, 3.05) is 6.61 Å². The molecular weight excluding hydrogens is 204 g/mol. The van der Waals surface area contributed by atoms with Gasteiger partial charge in [0, 0.05) is 17.9 Å². The first kappa shape index (κ1) is 13.9. The van der Waals surface area contributed by atoms with Gasteiger partial charge in [0.1, 0.15) is 0 Å². The Hall–Kier alpha value is -0.120. The zero-order valence-electron chi connectivity index (χ0n) is 10.7. The van der Waals surface area contributed by atoms with Crippen LogP contribution in [0.2, 0.25) is 0 Å². The zero-order valence-corrected chi connectivity index (χ0v) is 10.7. The van der Waals surface area contributed by atoms with Gasteiger partial charge in [-0.15, -0.1) is 0 Å². The molecule has 3 atom stereocenters. The molecule has 1 rings (SSSR count). The Kier molecular flexibility index (Phi) is 4.38. The van der Waals surface area contributed by atoms with Crippen LogP contribution in [0.25, 0.3) is 0 Å². The highest BCUT2D eigenvalue weighted by atomic mass is 16.3. The van der Waals surface area contributed by atoms with Gasteiger partial charge in [-0.05, 0) is 12.8 Å². The van der Waals surface area contributed by atoms with Crippen molar-refractivity contribution in [3.05, 3.63) is 0 Å². The third-order valence-corrected chi connectivity index (χ3v) is 4.57. The molecule has 0 bridgehead atoms. The molecule has 3 nitrogen and oxygen atoms in total. The smallest absolute Gasteiger partial charge is 0.0770 e. The number of rotatable bonds is 2. The second kappa shape index (κ2) is 5.03. The van der Waals surface area contributed by atoms with Gasteiger partial charge in [-0.25, -0.2) is 0 Å². The van der Waals surface area contributed by atoms with Gasteiger partial charge in [-0.3, -0.25) is 0 Å². The van der Waals surface area contributed by atoms with Crippen molar-refractivity contribution in [1.82, 2.24) is 0 Å². The van der Waals surface area contributed by atoms with Gasteiger partial charge >= 0.3 is 0 Å². The molecule has 1 saturated carbocycles. The minimum atomic E-state index is -0.971. The summed E-state index contributed by atoms with van der Waals surface area (Å²) in [5.41, 5.74) is -1.53. The Labute approximate surface area is 98.5 Å². The van der Waals surface area contributed by atoms with Crippen molar-refractivity contribution in [3.8, 4) is 0 Å². The molecule has 0 radical (unpaired) electrons. The maximum atomic E-state index is 10.8. The molecule has 0 aliphatic heterocycles. The molecule has 3 N–H and O–H groups in total. The van der Waals surface area contributed by atoms with Crippen LogP contribution in [0.15, 0.2) is 0 Å². The number of aliphatic hydroxyl groups is 3. The molecule has 1 aliphatic carbocycles. The summed E-state index contributed by atoms with van der Waals surface area (Å²) in [7, 11) is 0. The summed E-state index contributed by atoms with van der Waals surface area (Å²) in [6, 6.07) is 0. The van der Waals surface area contributed by atoms with Crippen molar-refractivity contribution < 1.29 is 15.3 Å². The molecule has 0 unspecified atom stereocenters. The van der Waals surface area contributed by atoms with E-state index >= 15 is 0 Å². The van der Waals surface area contributed by atoms with Gasteiger partial charge < -0.3 is 15.3 Å². The first-order valence-corrected chi connectivity index (χ1v) is 6.37. The monoisotopic (exact) mass is 230 g/mol. The highest BCUT2D eigenvalue weighted by molar-refractivity contribution is 5.01. The molecule has 3 heteroatoms. The fraction of sp³-hybridized carbons (Fsp3) is 1.00. The van der Waals surface area contributed by atoms with Crippen LogP contribution in [0.1, 0.15) is 52.9 Å². The fourth-order valence-corrected chi connectivity index (χ4v) is 2.91. The van der Waals surface area contributed by atoms with Crippen molar-refractivity contribution in [1.29, 1.82) is 0 Å². The summed E-state index contributed by atoms with van der Waals surface area (Å²) >= 11 is 0. The molecule has 0 saturated heterocycles. The van der Waals surface area contributed by atoms with E-state index < -0.39 is 17.1 Å². The predicted molar refractivity (Wildman–Crippen MR) is 64.1 cm³/mol. The van der Waals surface area contributed by atoms with E-state index in [1.807, 2.05) is 20.8 Å². The number of hydrogen-bond acceptors (Lipinski definition) is 3. The summed E-state index contributed by atoms with van der Waals surface area (Å²) in [6.45, 7) is 5.65. The van der Waals surface area contributed by atoms with Crippen LogP contribution in [0, 0.1) is 11.3 Å². The summed E-state index contributed by atoms with van der Waals surface area (Å²) in [5.74, 6) is -0.199. The van der Waals surface area contributed by atoms with Crippen molar-refractivity contribution >= 4 is 0 Å². The number of hydrogen-bond donors (Lipinski definition) is 3. The van der Waals surface area contributed by atoms with Gasteiger partial charge in [-0.1, -0.05) is 40.0 Å². The standard InChI is InChI=1S/C13H26O3/c1-10(9-14)13(16)8-6-4-5-7-11(15)12(13,2)3/h10-11,14-16H,4-9H2,1-3H3/t10-,11+,13-/m0/s1. The third kappa shape index (κ3) is 2.27. The summed E-state index contributed by atoms with van der Waals surface area (Å²) < 4.78 is 0. The fourth-order valence-electron chi connectivity index (χ4n) is 2.91. The minimum absolute atomic E-state index is 0.0351. The Morgan fingerprint density at radius 1 is 1.25 bits per heavy atom. The molecule has 16 heavy (non-hydrogen) atoms. The molecule has 0 aromatic heterocycles. The van der Waals surface area contributed by atoms with Crippen LogP contribution in [-0.2, 0) is 0 Å². The topological polar surface area (TPSA) is 60.7 Å². The lowest BCUT2D eigenvalue weighted by atomic mass is 9.61. The molecule has 1 fully saturated rings. The van der Waals surface area contributed by atoms with E-state index in [1.165, 1.54) is 0 Å². The first-order valence-electron chi connectivity index (χ1n) is 6.37. The zero-order chi connectivity index (χ0) is 12.4. The molecule has 0 heterocycles. The molecule has 0 aromatic carbocycles. The average molecular weight is 230 g/mol. The lowest BCUT2D eigenvalue weighted by Crippen LogP contribution is -2.56. The van der Waals surface area contributed by atoms with E-state index in [0.29, 0.717) is 6.42 Å². The second-order valence-corrected chi connectivity index (χ2v) is 5.84. The molecule has 96 valence electrons.